The summed E-state index contributed by atoms with van der Waals surface area (Å²) in [6.07, 6.45) is -5.08. The number of hydrogen-bond acceptors (Lipinski definition) is 8. The molecule has 2 heterocycles. The lowest BCUT2D eigenvalue weighted by atomic mass is 10.0. The summed E-state index contributed by atoms with van der Waals surface area (Å²) >= 11 is 0. The second kappa shape index (κ2) is 11.1. The van der Waals surface area contributed by atoms with Crippen LogP contribution < -0.4 is 11.1 Å². The number of carboxylic acid groups (broad SMARTS) is 2. The normalized spacial score (nSPS) is 13.3. The van der Waals surface area contributed by atoms with Gasteiger partial charge in [0.25, 0.3) is 5.91 Å². The number of rotatable bonds is 7. The van der Waals surface area contributed by atoms with Crippen LogP contribution in [0.5, 0.6) is 0 Å². The molecule has 2 aromatic rings. The molecule has 0 bridgehead atoms. The fraction of sp³-hybridized carbons (Fsp3) is 0.550. The number of carbonyl (C=O) groups excluding carboxylic acids is 1. The topological polar surface area (TPSA) is 182 Å². The number of aryl methyl sites for hydroxylation is 2. The maximum absolute atomic E-state index is 12.7. The zero-order valence-corrected chi connectivity index (χ0v) is 19.4. The van der Waals surface area contributed by atoms with Gasteiger partial charge in [-0.3, -0.25) is 4.79 Å². The molecule has 0 radical (unpaired) electrons. The van der Waals surface area contributed by atoms with E-state index >= 15 is 0 Å². The minimum absolute atomic E-state index is 0.0988. The smallest absolute Gasteiger partial charge is 0.476 e. The highest BCUT2D eigenvalue weighted by Gasteiger charge is 2.38. The van der Waals surface area contributed by atoms with Gasteiger partial charge in [0.2, 0.25) is 11.8 Å². The molecule has 0 spiro atoms. The van der Waals surface area contributed by atoms with E-state index in [1.165, 1.54) is 6.92 Å². The lowest BCUT2D eigenvalue weighted by molar-refractivity contribution is -0.192. The molecular formula is C20H27F3N4O7. The predicted octanol–water partition coefficient (Wildman–Crippen LogP) is 3.39. The number of aromatic nitrogens is 2. The van der Waals surface area contributed by atoms with Crippen LogP contribution in [0.3, 0.4) is 0 Å². The zero-order valence-electron chi connectivity index (χ0n) is 19.4. The van der Waals surface area contributed by atoms with Crippen molar-refractivity contribution in [3.63, 3.8) is 0 Å². The number of alkyl halides is 3. The van der Waals surface area contributed by atoms with Crippen LogP contribution in [-0.2, 0) is 4.79 Å². The van der Waals surface area contributed by atoms with Gasteiger partial charge in [-0.05, 0) is 25.7 Å². The van der Waals surface area contributed by atoms with E-state index in [1.54, 1.807) is 6.92 Å². The highest BCUT2D eigenvalue weighted by Crippen LogP contribution is 2.25. The summed E-state index contributed by atoms with van der Waals surface area (Å²) in [5, 5.41) is 19.1. The molecule has 2 aromatic heterocycles. The summed E-state index contributed by atoms with van der Waals surface area (Å²) in [7, 11) is 0. The van der Waals surface area contributed by atoms with Crippen molar-refractivity contribution in [2.24, 2.45) is 17.6 Å². The lowest BCUT2D eigenvalue weighted by Crippen LogP contribution is -2.32. The first-order chi connectivity index (χ1) is 15.5. The van der Waals surface area contributed by atoms with E-state index in [-0.39, 0.29) is 34.9 Å². The van der Waals surface area contributed by atoms with Crippen molar-refractivity contribution in [3.8, 4) is 0 Å². The Bertz CT molecular complexity index is 1030. The van der Waals surface area contributed by atoms with E-state index in [2.05, 4.69) is 15.3 Å². The molecule has 190 valence electrons. The largest absolute Gasteiger partial charge is 0.490 e. The first-order valence-corrected chi connectivity index (χ1v) is 10.0. The molecule has 11 nitrogen and oxygen atoms in total. The number of carbonyl (C=O) groups is 3. The molecule has 5 N–H and O–H groups in total. The molecule has 0 aliphatic heterocycles. The van der Waals surface area contributed by atoms with E-state index in [9.17, 15) is 22.8 Å². The van der Waals surface area contributed by atoms with E-state index in [4.69, 9.17) is 29.6 Å². The Labute approximate surface area is 192 Å². The Hall–Kier alpha value is -3.42. The van der Waals surface area contributed by atoms with Crippen molar-refractivity contribution in [3.05, 3.63) is 34.7 Å². The maximum Gasteiger partial charge on any atom is 0.490 e. The number of aromatic carboxylic acids is 1. The third-order valence-electron chi connectivity index (χ3n) is 4.51. The molecule has 0 saturated carbocycles. The van der Waals surface area contributed by atoms with Crippen LogP contribution in [-0.4, -0.2) is 44.2 Å². The number of nitrogens with one attached hydrogen (secondary N) is 1. The Morgan fingerprint density at radius 2 is 1.35 bits per heavy atom. The van der Waals surface area contributed by atoms with Crippen LogP contribution in [0.25, 0.3) is 0 Å². The third kappa shape index (κ3) is 7.30. The second-order valence-electron chi connectivity index (χ2n) is 7.99. The summed E-state index contributed by atoms with van der Waals surface area (Å²) in [5.41, 5.74) is 6.00. The van der Waals surface area contributed by atoms with Crippen molar-refractivity contribution < 1.29 is 46.6 Å². The van der Waals surface area contributed by atoms with Crippen LogP contribution in [0.15, 0.2) is 8.83 Å². The molecule has 0 aliphatic rings. The first-order valence-electron chi connectivity index (χ1n) is 10.0. The molecule has 0 aliphatic carbocycles. The lowest BCUT2D eigenvalue weighted by Gasteiger charge is -2.18. The minimum Gasteiger partial charge on any atom is -0.476 e. The molecule has 2 rings (SSSR count). The Morgan fingerprint density at radius 1 is 0.912 bits per heavy atom. The molecule has 0 fully saturated rings. The number of aliphatic carboxylic acids is 1. The first kappa shape index (κ1) is 28.6. The molecule has 34 heavy (non-hydrogen) atoms. The molecule has 1 amide bonds. The predicted molar refractivity (Wildman–Crippen MR) is 110 cm³/mol. The van der Waals surface area contributed by atoms with E-state index in [1.807, 2.05) is 27.7 Å². The number of nitrogens with zero attached hydrogens (tertiary/aromatic N) is 2. The third-order valence-corrected chi connectivity index (χ3v) is 4.51. The van der Waals surface area contributed by atoms with Crippen molar-refractivity contribution in [1.82, 2.24) is 15.3 Å². The van der Waals surface area contributed by atoms with E-state index in [0.717, 1.165) is 0 Å². The van der Waals surface area contributed by atoms with Crippen molar-refractivity contribution in [1.29, 1.82) is 0 Å². The highest BCUT2D eigenvalue weighted by atomic mass is 19.4. The van der Waals surface area contributed by atoms with Gasteiger partial charge in [-0.15, -0.1) is 0 Å². The number of hydrogen-bond donors (Lipinski definition) is 4. The Morgan fingerprint density at radius 3 is 1.74 bits per heavy atom. The van der Waals surface area contributed by atoms with Crippen LogP contribution in [0.4, 0.5) is 13.2 Å². The number of nitrogens with two attached hydrogens (primary N) is 1. The van der Waals surface area contributed by atoms with Gasteiger partial charge >= 0.3 is 18.1 Å². The maximum atomic E-state index is 12.7. The van der Waals surface area contributed by atoms with Gasteiger partial charge in [0.05, 0.1) is 6.04 Å². The SMILES string of the molecule is Cc1oc([C@@H](NC(=O)c2nc([C@@H](N)C(C)C)oc2C)C(C)C)nc1C(=O)O.O=C(O)C(F)(F)F. The van der Waals surface area contributed by atoms with Crippen molar-refractivity contribution in [2.45, 2.75) is 59.8 Å². The highest BCUT2D eigenvalue weighted by molar-refractivity contribution is 5.93. The van der Waals surface area contributed by atoms with Crippen molar-refractivity contribution in [2.75, 3.05) is 0 Å². The summed E-state index contributed by atoms with van der Waals surface area (Å²) in [6.45, 7) is 10.7. The Kier molecular flexibility index (Phi) is 9.37. The van der Waals surface area contributed by atoms with Gasteiger partial charge in [0, 0.05) is 0 Å². The van der Waals surface area contributed by atoms with Gasteiger partial charge in [-0.1, -0.05) is 27.7 Å². The van der Waals surface area contributed by atoms with Gasteiger partial charge in [-0.2, -0.15) is 13.2 Å². The fourth-order valence-electron chi connectivity index (χ4n) is 2.53. The van der Waals surface area contributed by atoms with E-state index < -0.39 is 36.1 Å². The fourth-order valence-corrected chi connectivity index (χ4v) is 2.53. The number of oxazole rings is 2. The number of amides is 1. The van der Waals surface area contributed by atoms with Gasteiger partial charge in [-0.25, -0.2) is 19.6 Å². The van der Waals surface area contributed by atoms with Gasteiger partial charge in [0.15, 0.2) is 11.4 Å². The number of halogens is 3. The average molecular weight is 492 g/mol. The van der Waals surface area contributed by atoms with Gasteiger partial charge < -0.3 is 30.1 Å². The summed E-state index contributed by atoms with van der Waals surface area (Å²) in [4.78, 5) is 41.1. The molecule has 0 aromatic carbocycles. The van der Waals surface area contributed by atoms with Crippen LogP contribution in [0, 0.1) is 25.7 Å². The van der Waals surface area contributed by atoms with Crippen LogP contribution in [0.2, 0.25) is 0 Å². The summed E-state index contributed by atoms with van der Waals surface area (Å²) in [6, 6.07) is -1.04. The molecular weight excluding hydrogens is 465 g/mol. The second-order valence-corrected chi connectivity index (χ2v) is 7.99. The monoisotopic (exact) mass is 492 g/mol. The summed E-state index contributed by atoms with van der Waals surface area (Å²) in [5.74, 6) is -3.43. The zero-order chi connectivity index (χ0) is 26.5. The van der Waals surface area contributed by atoms with Crippen LogP contribution >= 0.6 is 0 Å². The van der Waals surface area contributed by atoms with Crippen molar-refractivity contribution >= 4 is 17.8 Å². The van der Waals surface area contributed by atoms with Crippen LogP contribution in [0.1, 0.15) is 84.1 Å². The molecule has 2 atom stereocenters. The number of carboxylic acids is 2. The molecule has 14 heteroatoms. The molecule has 0 saturated heterocycles. The minimum atomic E-state index is -5.08. The average Bonchev–Trinajstić information content (AvgIpc) is 3.27. The Balaban J connectivity index is 0.000000718. The molecule has 0 unspecified atom stereocenters. The van der Waals surface area contributed by atoms with Gasteiger partial charge in [0.1, 0.15) is 17.6 Å². The summed E-state index contributed by atoms with van der Waals surface area (Å²) < 4.78 is 42.8. The standard InChI is InChI=1S/C18H26N4O5.C2HF3O2/c1-7(2)11(19)16-21-13(9(5)26-16)15(23)20-12(8(3)4)17-22-14(18(24)25)10(6)27-17;3-2(4,5)1(6)7/h7-8,11-12H,19H2,1-6H3,(H,20,23)(H,24,25);(H,6,7)/t11-,12-;/m0./s1. The quantitative estimate of drug-likeness (QED) is 0.447. The van der Waals surface area contributed by atoms with E-state index in [0.29, 0.717) is 11.7 Å².